The van der Waals surface area contributed by atoms with Gasteiger partial charge in [0, 0.05) is 12.7 Å². The standard InChI is InChI=1S/C18H19N3O2/c1-13-20-17(16-5-3-4-12-21(13)16)18(22)19-11-10-14-6-8-15(23-2)9-7-14/h3-9,12H,10-11H2,1-2H3,(H,19,22). The van der Waals surface area contributed by atoms with E-state index < -0.39 is 0 Å². The first kappa shape index (κ1) is 15.1. The van der Waals surface area contributed by atoms with Crippen molar-refractivity contribution in [3.63, 3.8) is 0 Å². The fraction of sp³-hybridized carbons (Fsp3) is 0.222. The van der Waals surface area contributed by atoms with Crippen LogP contribution in [0.15, 0.2) is 48.7 Å². The number of pyridine rings is 1. The van der Waals surface area contributed by atoms with Crippen LogP contribution in [0.3, 0.4) is 0 Å². The molecule has 5 nitrogen and oxygen atoms in total. The van der Waals surface area contributed by atoms with E-state index in [9.17, 15) is 4.79 Å². The van der Waals surface area contributed by atoms with Crippen molar-refractivity contribution in [3.05, 3.63) is 65.7 Å². The van der Waals surface area contributed by atoms with E-state index in [4.69, 9.17) is 4.74 Å². The third-order valence-corrected chi connectivity index (χ3v) is 3.80. The van der Waals surface area contributed by atoms with Crippen molar-refractivity contribution in [1.82, 2.24) is 14.7 Å². The summed E-state index contributed by atoms with van der Waals surface area (Å²) < 4.78 is 7.05. The van der Waals surface area contributed by atoms with Crippen molar-refractivity contribution in [2.75, 3.05) is 13.7 Å². The molecule has 0 atom stereocenters. The number of aryl methyl sites for hydroxylation is 1. The van der Waals surface area contributed by atoms with Crippen LogP contribution in [0.1, 0.15) is 21.9 Å². The summed E-state index contributed by atoms with van der Waals surface area (Å²) in [5.74, 6) is 1.49. The lowest BCUT2D eigenvalue weighted by Crippen LogP contribution is -2.26. The second kappa shape index (κ2) is 6.52. The molecule has 3 rings (SSSR count). The summed E-state index contributed by atoms with van der Waals surface area (Å²) in [5, 5.41) is 2.94. The Morgan fingerprint density at radius 1 is 1.22 bits per heavy atom. The first-order chi connectivity index (χ1) is 11.2. The third-order valence-electron chi connectivity index (χ3n) is 3.80. The topological polar surface area (TPSA) is 55.6 Å². The maximum Gasteiger partial charge on any atom is 0.272 e. The van der Waals surface area contributed by atoms with Crippen LogP contribution in [0.2, 0.25) is 0 Å². The molecule has 0 aliphatic rings. The number of imidazole rings is 1. The summed E-state index contributed by atoms with van der Waals surface area (Å²) in [6.45, 7) is 2.46. The zero-order chi connectivity index (χ0) is 16.2. The Balaban J connectivity index is 1.64. The van der Waals surface area contributed by atoms with E-state index in [1.54, 1.807) is 7.11 Å². The molecule has 1 aromatic carbocycles. The molecule has 23 heavy (non-hydrogen) atoms. The Morgan fingerprint density at radius 2 is 2.00 bits per heavy atom. The first-order valence-electron chi connectivity index (χ1n) is 7.54. The van der Waals surface area contributed by atoms with Gasteiger partial charge in [-0.15, -0.1) is 0 Å². The molecule has 0 aliphatic heterocycles. The average Bonchev–Trinajstić information content (AvgIpc) is 2.93. The van der Waals surface area contributed by atoms with Crippen LogP contribution in [0.5, 0.6) is 5.75 Å². The lowest BCUT2D eigenvalue weighted by Gasteiger charge is -2.05. The molecule has 0 spiro atoms. The van der Waals surface area contributed by atoms with E-state index in [-0.39, 0.29) is 5.91 Å². The van der Waals surface area contributed by atoms with Crippen molar-refractivity contribution in [1.29, 1.82) is 0 Å². The lowest BCUT2D eigenvalue weighted by atomic mass is 10.1. The summed E-state index contributed by atoms with van der Waals surface area (Å²) in [6.07, 6.45) is 2.67. The van der Waals surface area contributed by atoms with Crippen molar-refractivity contribution in [3.8, 4) is 5.75 Å². The number of hydrogen-bond acceptors (Lipinski definition) is 3. The van der Waals surface area contributed by atoms with Crippen molar-refractivity contribution < 1.29 is 9.53 Å². The summed E-state index contributed by atoms with van der Waals surface area (Å²) in [4.78, 5) is 16.7. The molecule has 0 radical (unpaired) electrons. The van der Waals surface area contributed by atoms with Gasteiger partial charge in [0.05, 0.1) is 12.6 Å². The number of carbonyl (C=O) groups is 1. The first-order valence-corrected chi connectivity index (χ1v) is 7.54. The van der Waals surface area contributed by atoms with Gasteiger partial charge in [-0.05, 0) is 43.2 Å². The zero-order valence-electron chi connectivity index (χ0n) is 13.2. The minimum Gasteiger partial charge on any atom is -0.497 e. The molecule has 2 aromatic heterocycles. The van der Waals surface area contributed by atoms with Gasteiger partial charge in [-0.2, -0.15) is 0 Å². The van der Waals surface area contributed by atoms with Crippen molar-refractivity contribution >= 4 is 11.4 Å². The average molecular weight is 309 g/mol. The number of aromatic nitrogens is 2. The molecule has 1 N–H and O–H groups in total. The van der Waals surface area contributed by atoms with Crippen molar-refractivity contribution in [2.45, 2.75) is 13.3 Å². The maximum absolute atomic E-state index is 12.4. The molecule has 2 heterocycles. The quantitative estimate of drug-likeness (QED) is 0.788. The largest absolute Gasteiger partial charge is 0.497 e. The van der Waals surface area contributed by atoms with Gasteiger partial charge in [0.2, 0.25) is 0 Å². The SMILES string of the molecule is COc1ccc(CCNC(=O)c2nc(C)n3ccccc23)cc1. The maximum atomic E-state index is 12.4. The van der Waals surface area contributed by atoms with Gasteiger partial charge in [-0.3, -0.25) is 4.79 Å². The summed E-state index contributed by atoms with van der Waals surface area (Å²) in [5.41, 5.74) is 2.45. The van der Waals surface area contributed by atoms with Crippen molar-refractivity contribution in [2.24, 2.45) is 0 Å². The van der Waals surface area contributed by atoms with Crippen LogP contribution in [0.25, 0.3) is 5.52 Å². The van der Waals surface area contributed by atoms with Gasteiger partial charge in [0.1, 0.15) is 11.6 Å². The number of ether oxygens (including phenoxy) is 1. The van der Waals surface area contributed by atoms with E-state index in [0.717, 1.165) is 29.1 Å². The van der Waals surface area contributed by atoms with E-state index in [2.05, 4.69) is 10.3 Å². The molecule has 0 saturated carbocycles. The van der Waals surface area contributed by atoms with Crippen LogP contribution in [-0.2, 0) is 6.42 Å². The molecule has 5 heteroatoms. The van der Waals surface area contributed by atoms with Crippen LogP contribution in [0, 0.1) is 6.92 Å². The highest BCUT2D eigenvalue weighted by atomic mass is 16.5. The number of hydrogen-bond donors (Lipinski definition) is 1. The number of carbonyl (C=O) groups excluding carboxylic acids is 1. The Morgan fingerprint density at radius 3 is 2.74 bits per heavy atom. The molecule has 3 aromatic rings. The molecule has 0 bridgehead atoms. The summed E-state index contributed by atoms with van der Waals surface area (Å²) in [7, 11) is 1.65. The minimum absolute atomic E-state index is 0.143. The predicted molar refractivity (Wildman–Crippen MR) is 89.0 cm³/mol. The third kappa shape index (κ3) is 3.18. The van der Waals surface area contributed by atoms with Gasteiger partial charge >= 0.3 is 0 Å². The number of rotatable bonds is 5. The van der Waals surface area contributed by atoms with Gasteiger partial charge in [-0.1, -0.05) is 18.2 Å². The van der Waals surface area contributed by atoms with Gasteiger partial charge in [0.15, 0.2) is 5.69 Å². The van der Waals surface area contributed by atoms with Crippen LogP contribution in [0.4, 0.5) is 0 Å². The lowest BCUT2D eigenvalue weighted by molar-refractivity contribution is 0.0951. The molecular weight excluding hydrogens is 290 g/mol. The number of methoxy groups -OCH3 is 1. The van der Waals surface area contributed by atoms with Crippen LogP contribution >= 0.6 is 0 Å². The monoisotopic (exact) mass is 309 g/mol. The van der Waals surface area contributed by atoms with Gasteiger partial charge in [-0.25, -0.2) is 4.98 Å². The van der Waals surface area contributed by atoms with E-state index >= 15 is 0 Å². The van der Waals surface area contributed by atoms with Crippen LogP contribution < -0.4 is 10.1 Å². The highest BCUT2D eigenvalue weighted by Crippen LogP contribution is 2.13. The van der Waals surface area contributed by atoms with Gasteiger partial charge in [0.25, 0.3) is 5.91 Å². The number of amides is 1. The molecule has 0 unspecified atom stereocenters. The number of fused-ring (bicyclic) bond motifs is 1. The molecule has 0 saturated heterocycles. The fourth-order valence-electron chi connectivity index (χ4n) is 2.55. The second-order valence-corrected chi connectivity index (χ2v) is 5.32. The van der Waals surface area contributed by atoms with E-state index in [0.29, 0.717) is 12.2 Å². The Bertz CT molecular complexity index is 822. The van der Waals surface area contributed by atoms with Gasteiger partial charge < -0.3 is 14.5 Å². The van der Waals surface area contributed by atoms with E-state index in [1.165, 1.54) is 0 Å². The predicted octanol–water partition coefficient (Wildman–Crippen LogP) is 2.62. The molecule has 0 aliphatic carbocycles. The summed E-state index contributed by atoms with van der Waals surface area (Å²) >= 11 is 0. The Kier molecular flexibility index (Phi) is 4.28. The second-order valence-electron chi connectivity index (χ2n) is 5.32. The number of benzene rings is 1. The van der Waals surface area contributed by atoms with E-state index in [1.807, 2.05) is 60.0 Å². The van der Waals surface area contributed by atoms with Crippen LogP contribution in [-0.4, -0.2) is 28.9 Å². The molecule has 118 valence electrons. The number of nitrogens with one attached hydrogen (secondary N) is 1. The highest BCUT2D eigenvalue weighted by Gasteiger charge is 2.14. The molecule has 0 fully saturated rings. The molecular formula is C18H19N3O2. The Labute approximate surface area is 134 Å². The fourth-order valence-corrected chi connectivity index (χ4v) is 2.55. The summed E-state index contributed by atoms with van der Waals surface area (Å²) in [6, 6.07) is 13.6. The minimum atomic E-state index is -0.143. The highest BCUT2D eigenvalue weighted by molar-refractivity contribution is 5.99. The zero-order valence-corrected chi connectivity index (χ0v) is 13.2. The smallest absolute Gasteiger partial charge is 0.272 e. The molecule has 1 amide bonds. The number of nitrogens with zero attached hydrogens (tertiary/aromatic N) is 2. The Hall–Kier alpha value is -2.82. The normalized spacial score (nSPS) is 10.7.